The molecule has 3 rings (SSSR count). The van der Waals surface area contributed by atoms with E-state index < -0.39 is 17.8 Å². The van der Waals surface area contributed by atoms with Crippen LogP contribution in [-0.2, 0) is 6.61 Å². The Kier molecular flexibility index (Phi) is 9.57. The van der Waals surface area contributed by atoms with Gasteiger partial charge in [-0.15, -0.1) is 0 Å². The number of piperazine rings is 1. The zero-order valence-electron chi connectivity index (χ0n) is 19.2. The molecule has 1 aromatic carbocycles. The fourth-order valence-corrected chi connectivity index (χ4v) is 4.36. The smallest absolute Gasteiger partial charge is 0.319 e. The van der Waals surface area contributed by atoms with E-state index >= 15 is 0 Å². The summed E-state index contributed by atoms with van der Waals surface area (Å²) in [6, 6.07) is 4.27. The van der Waals surface area contributed by atoms with Gasteiger partial charge in [0.1, 0.15) is 23.0 Å². The molecule has 0 saturated carbocycles. The Labute approximate surface area is 202 Å². The number of hydrogen-bond acceptors (Lipinski definition) is 8. The van der Waals surface area contributed by atoms with Gasteiger partial charge >= 0.3 is 6.03 Å². The van der Waals surface area contributed by atoms with Crippen LogP contribution in [0.25, 0.3) is 0 Å². The zero-order chi connectivity index (χ0) is 24.5. The molecule has 3 amide bonds. The quantitative estimate of drug-likeness (QED) is 0.347. The minimum absolute atomic E-state index is 0.0478. The highest BCUT2D eigenvalue weighted by Crippen LogP contribution is 2.30. The Morgan fingerprint density at radius 3 is 2.59 bits per heavy atom. The van der Waals surface area contributed by atoms with Crippen molar-refractivity contribution in [1.82, 2.24) is 19.5 Å². The van der Waals surface area contributed by atoms with Gasteiger partial charge in [-0.1, -0.05) is 12.1 Å². The number of benzene rings is 1. The molecule has 0 bridgehead atoms. The normalized spacial score (nSPS) is 14.7. The molecule has 5 N–H and O–H groups in total. The minimum Gasteiger partial charge on any atom is -0.471 e. The maximum Gasteiger partial charge on any atom is 0.319 e. The lowest BCUT2D eigenvalue weighted by Gasteiger charge is -2.34. The van der Waals surface area contributed by atoms with Gasteiger partial charge < -0.3 is 25.8 Å². The van der Waals surface area contributed by atoms with E-state index in [0.29, 0.717) is 18.7 Å². The molecule has 0 unspecified atom stereocenters. The lowest BCUT2D eigenvalue weighted by molar-refractivity contribution is 0.0996. The Balaban J connectivity index is 1.45. The van der Waals surface area contributed by atoms with Gasteiger partial charge in [-0.05, 0) is 43.1 Å². The maximum atomic E-state index is 14.0. The molecular formula is C22H31FN6O4S. The molecule has 10 nitrogen and oxygen atoms in total. The number of aliphatic hydroxyl groups is 1. The Morgan fingerprint density at radius 2 is 1.94 bits per heavy atom. The summed E-state index contributed by atoms with van der Waals surface area (Å²) >= 11 is 0.868. The largest absolute Gasteiger partial charge is 0.471 e. The monoisotopic (exact) mass is 494 g/mol. The lowest BCUT2D eigenvalue weighted by atomic mass is 10.1. The number of hydrogen-bond donors (Lipinski definition) is 4. The van der Waals surface area contributed by atoms with E-state index in [2.05, 4.69) is 24.8 Å². The number of aryl methyl sites for hydroxylation is 1. The third-order valence-corrected chi connectivity index (χ3v) is 6.27. The summed E-state index contributed by atoms with van der Waals surface area (Å²) in [5.41, 5.74) is 6.52. The molecule has 0 radical (unpaired) electrons. The van der Waals surface area contributed by atoms with Gasteiger partial charge in [-0.2, -0.15) is 4.37 Å². The highest BCUT2D eigenvalue weighted by Gasteiger charge is 2.22. The van der Waals surface area contributed by atoms with Crippen LogP contribution in [0.1, 0.15) is 27.9 Å². The number of carbonyl (C=O) groups is 2. The van der Waals surface area contributed by atoms with E-state index in [1.807, 2.05) is 0 Å². The number of halogens is 1. The van der Waals surface area contributed by atoms with Crippen molar-refractivity contribution in [3.05, 3.63) is 40.7 Å². The number of aromatic nitrogens is 1. The summed E-state index contributed by atoms with van der Waals surface area (Å²) < 4.78 is 23.6. The van der Waals surface area contributed by atoms with Crippen LogP contribution in [-0.4, -0.2) is 83.6 Å². The van der Waals surface area contributed by atoms with Crippen molar-refractivity contribution in [3.63, 3.8) is 0 Å². The Hall–Kier alpha value is -2.80. The van der Waals surface area contributed by atoms with Crippen LogP contribution in [0.3, 0.4) is 0 Å². The number of nitrogens with two attached hydrogens (primary N) is 1. The van der Waals surface area contributed by atoms with Gasteiger partial charge in [-0.3, -0.25) is 15.0 Å². The molecule has 0 atom stereocenters. The molecule has 1 aliphatic rings. The van der Waals surface area contributed by atoms with E-state index in [0.717, 1.165) is 56.2 Å². The van der Waals surface area contributed by atoms with Crippen LogP contribution in [0, 0.1) is 12.7 Å². The van der Waals surface area contributed by atoms with Gasteiger partial charge in [0.05, 0.1) is 6.61 Å². The van der Waals surface area contributed by atoms with Crippen LogP contribution >= 0.6 is 11.5 Å². The first-order chi connectivity index (χ1) is 16.4. The average molecular weight is 495 g/mol. The second kappa shape index (κ2) is 12.6. The van der Waals surface area contributed by atoms with Crippen molar-refractivity contribution in [2.24, 2.45) is 5.73 Å². The summed E-state index contributed by atoms with van der Waals surface area (Å²) in [4.78, 5) is 28.8. The van der Waals surface area contributed by atoms with Gasteiger partial charge in [-0.25, -0.2) is 9.18 Å². The fraction of sp³-hybridized carbons (Fsp3) is 0.500. The highest BCUT2D eigenvalue weighted by atomic mass is 32.1. The molecular weight excluding hydrogens is 463 g/mol. The predicted molar refractivity (Wildman–Crippen MR) is 128 cm³/mol. The molecule has 1 fully saturated rings. The SMILES string of the molecule is Cc1ccc(COc2nsc(NC(=O)NCCCN3CCN(CCO)CC3)c2C(N)=O)c(F)c1. The first-order valence-electron chi connectivity index (χ1n) is 11.1. The number of nitrogens with one attached hydrogen (secondary N) is 2. The average Bonchev–Trinajstić information content (AvgIpc) is 3.20. The predicted octanol–water partition coefficient (Wildman–Crippen LogP) is 1.39. The fourth-order valence-electron chi connectivity index (χ4n) is 3.62. The van der Waals surface area contributed by atoms with Gasteiger partial charge in [0.25, 0.3) is 5.91 Å². The second-order valence-corrected chi connectivity index (χ2v) is 8.85. The number of aliphatic hydroxyl groups excluding tert-OH is 1. The van der Waals surface area contributed by atoms with Crippen molar-refractivity contribution < 1.29 is 23.8 Å². The van der Waals surface area contributed by atoms with Gasteiger partial charge in [0.15, 0.2) is 0 Å². The van der Waals surface area contributed by atoms with Crippen LogP contribution < -0.4 is 21.1 Å². The van der Waals surface area contributed by atoms with Crippen LogP contribution in [0.5, 0.6) is 5.88 Å². The van der Waals surface area contributed by atoms with Crippen molar-refractivity contribution in [2.75, 3.05) is 57.7 Å². The summed E-state index contributed by atoms with van der Waals surface area (Å²) in [5, 5.41) is 14.5. The number of amides is 3. The summed E-state index contributed by atoms with van der Waals surface area (Å²) in [5.74, 6) is -1.27. The lowest BCUT2D eigenvalue weighted by Crippen LogP contribution is -2.47. The molecule has 12 heteroatoms. The van der Waals surface area contributed by atoms with Crippen molar-refractivity contribution in [2.45, 2.75) is 20.0 Å². The van der Waals surface area contributed by atoms with Crippen LogP contribution in [0.15, 0.2) is 18.2 Å². The summed E-state index contributed by atoms with van der Waals surface area (Å²) in [6.45, 7) is 7.57. The number of carbonyl (C=O) groups excluding carboxylic acids is 2. The van der Waals surface area contributed by atoms with Crippen LogP contribution in [0.2, 0.25) is 0 Å². The minimum atomic E-state index is -0.802. The van der Waals surface area contributed by atoms with E-state index in [9.17, 15) is 14.0 Å². The Morgan fingerprint density at radius 1 is 1.24 bits per heavy atom. The second-order valence-electron chi connectivity index (χ2n) is 8.08. The molecule has 1 aliphatic heterocycles. The zero-order valence-corrected chi connectivity index (χ0v) is 20.0. The number of anilines is 1. The van der Waals surface area contributed by atoms with E-state index in [-0.39, 0.29) is 29.7 Å². The number of primary amides is 1. The molecule has 186 valence electrons. The topological polar surface area (TPSA) is 133 Å². The van der Waals surface area contributed by atoms with Crippen molar-refractivity contribution >= 4 is 28.5 Å². The Bertz CT molecular complexity index is 980. The van der Waals surface area contributed by atoms with E-state index in [1.165, 1.54) is 6.07 Å². The van der Waals surface area contributed by atoms with Crippen LogP contribution in [0.4, 0.5) is 14.2 Å². The number of rotatable bonds is 11. The maximum absolute atomic E-state index is 14.0. The van der Waals surface area contributed by atoms with E-state index in [4.69, 9.17) is 15.6 Å². The summed E-state index contributed by atoms with van der Waals surface area (Å²) in [7, 11) is 0. The molecule has 0 spiro atoms. The molecule has 34 heavy (non-hydrogen) atoms. The first-order valence-corrected chi connectivity index (χ1v) is 11.9. The molecule has 2 aromatic rings. The van der Waals surface area contributed by atoms with Gasteiger partial charge in [0, 0.05) is 44.8 Å². The van der Waals surface area contributed by atoms with E-state index in [1.54, 1.807) is 19.1 Å². The summed E-state index contributed by atoms with van der Waals surface area (Å²) in [6.07, 6.45) is 0.773. The highest BCUT2D eigenvalue weighted by molar-refractivity contribution is 7.11. The number of nitrogens with zero attached hydrogens (tertiary/aromatic N) is 3. The third kappa shape index (κ3) is 7.35. The third-order valence-electron chi connectivity index (χ3n) is 5.53. The first kappa shape index (κ1) is 25.8. The molecule has 1 saturated heterocycles. The van der Waals surface area contributed by atoms with Crippen molar-refractivity contribution in [3.8, 4) is 5.88 Å². The number of β-amino-alcohol motifs (C(OH)–C–C–N with tert-alkyl or cyclic N) is 1. The molecule has 0 aliphatic carbocycles. The van der Waals surface area contributed by atoms with Gasteiger partial charge in [0.2, 0.25) is 5.88 Å². The standard InChI is InChI=1S/C22H31FN6O4S/c1-15-3-4-16(17(23)13-15)14-33-20-18(19(24)31)21(34-27-20)26-22(32)25-5-2-6-28-7-9-29(10-8-28)11-12-30/h3-4,13,30H,2,5-12,14H2,1H3,(H2,24,31)(H2,25,26,32). The molecule has 2 heterocycles. The number of urea groups is 1. The number of ether oxygens (including phenoxy) is 1. The molecule has 1 aromatic heterocycles. The van der Waals surface area contributed by atoms with Crippen molar-refractivity contribution in [1.29, 1.82) is 0 Å².